The molecule has 0 saturated carbocycles. The molecule has 23 heavy (non-hydrogen) atoms. The van der Waals surface area contributed by atoms with E-state index in [1.165, 1.54) is 21.3 Å². The lowest BCUT2D eigenvalue weighted by Gasteiger charge is -2.13. The smallest absolute Gasteiger partial charge is 0.255 e. The first kappa shape index (κ1) is 16.4. The highest BCUT2D eigenvalue weighted by molar-refractivity contribution is 5.96. The van der Waals surface area contributed by atoms with Gasteiger partial charge in [-0.05, 0) is 23.8 Å². The molecule has 0 heterocycles. The van der Waals surface area contributed by atoms with Gasteiger partial charge >= 0.3 is 0 Å². The van der Waals surface area contributed by atoms with Gasteiger partial charge in [-0.25, -0.2) is 0 Å². The topological polar surface area (TPSA) is 56.8 Å². The second-order valence-electron chi connectivity index (χ2n) is 4.63. The van der Waals surface area contributed by atoms with Crippen molar-refractivity contribution in [2.75, 3.05) is 21.3 Å². The van der Waals surface area contributed by atoms with Gasteiger partial charge in [0.2, 0.25) is 5.75 Å². The molecule has 1 N–H and O–H groups in total. The first-order valence-corrected chi connectivity index (χ1v) is 7.02. The van der Waals surface area contributed by atoms with E-state index in [-0.39, 0.29) is 5.91 Å². The van der Waals surface area contributed by atoms with Gasteiger partial charge in [-0.1, -0.05) is 30.3 Å². The van der Waals surface area contributed by atoms with Crippen molar-refractivity contribution in [2.45, 2.75) is 0 Å². The Morgan fingerprint density at radius 2 is 1.57 bits per heavy atom. The van der Waals surface area contributed by atoms with Gasteiger partial charge in [0.05, 0.1) is 21.3 Å². The molecule has 120 valence electrons. The van der Waals surface area contributed by atoms with Gasteiger partial charge in [0, 0.05) is 11.8 Å². The molecule has 0 aromatic heterocycles. The maximum absolute atomic E-state index is 12.3. The van der Waals surface area contributed by atoms with Crippen LogP contribution in [0.4, 0.5) is 0 Å². The van der Waals surface area contributed by atoms with Gasteiger partial charge in [0.1, 0.15) is 0 Å². The summed E-state index contributed by atoms with van der Waals surface area (Å²) >= 11 is 0. The molecule has 5 heteroatoms. The van der Waals surface area contributed by atoms with Crippen molar-refractivity contribution in [1.82, 2.24) is 5.32 Å². The van der Waals surface area contributed by atoms with E-state index in [1.54, 1.807) is 18.3 Å². The fraction of sp³-hybridized carbons (Fsp3) is 0.167. The number of hydrogen-bond donors (Lipinski definition) is 1. The molecule has 2 aromatic carbocycles. The minimum atomic E-state index is -0.267. The lowest BCUT2D eigenvalue weighted by molar-refractivity contribution is 0.0969. The summed E-state index contributed by atoms with van der Waals surface area (Å²) < 4.78 is 15.7. The summed E-state index contributed by atoms with van der Waals surface area (Å²) in [5.41, 5.74) is 1.41. The maximum Gasteiger partial charge on any atom is 0.255 e. The Balaban J connectivity index is 2.17. The van der Waals surface area contributed by atoms with E-state index in [4.69, 9.17) is 14.2 Å². The molecule has 0 atom stereocenters. The summed E-state index contributed by atoms with van der Waals surface area (Å²) in [6.45, 7) is 0. The number of carbonyl (C=O) groups excluding carboxylic acids is 1. The molecule has 0 aliphatic rings. The SMILES string of the molecule is COc1cc(C(=O)N/C=C/c2ccccc2)cc(OC)c1OC. The number of methoxy groups -OCH3 is 3. The number of nitrogens with one attached hydrogen (secondary N) is 1. The molecule has 0 aliphatic heterocycles. The van der Waals surface area contributed by atoms with Crippen LogP contribution in [0, 0.1) is 0 Å². The Bertz CT molecular complexity index is 670. The number of amides is 1. The molecule has 0 spiro atoms. The van der Waals surface area contributed by atoms with Gasteiger partial charge in [-0.2, -0.15) is 0 Å². The zero-order valence-electron chi connectivity index (χ0n) is 13.3. The first-order chi connectivity index (χ1) is 11.2. The Morgan fingerprint density at radius 3 is 2.09 bits per heavy atom. The molecule has 0 aliphatic carbocycles. The first-order valence-electron chi connectivity index (χ1n) is 7.02. The Morgan fingerprint density at radius 1 is 0.957 bits per heavy atom. The summed E-state index contributed by atoms with van der Waals surface area (Å²) in [5.74, 6) is 1.05. The largest absolute Gasteiger partial charge is 0.493 e. The van der Waals surface area contributed by atoms with Gasteiger partial charge in [-0.3, -0.25) is 4.79 Å². The van der Waals surface area contributed by atoms with Crippen LogP contribution in [-0.2, 0) is 0 Å². The predicted molar refractivity (Wildman–Crippen MR) is 89.0 cm³/mol. The molecule has 2 rings (SSSR count). The summed E-state index contributed by atoms with van der Waals surface area (Å²) in [4.78, 5) is 12.3. The molecule has 5 nitrogen and oxygen atoms in total. The zero-order chi connectivity index (χ0) is 16.7. The van der Waals surface area contributed by atoms with Crippen molar-refractivity contribution in [1.29, 1.82) is 0 Å². The number of rotatable bonds is 6. The molecule has 0 bridgehead atoms. The average molecular weight is 313 g/mol. The summed E-state index contributed by atoms with van der Waals surface area (Å²) in [6, 6.07) is 12.9. The normalized spacial score (nSPS) is 10.4. The van der Waals surface area contributed by atoms with E-state index < -0.39 is 0 Å². The highest BCUT2D eigenvalue weighted by Gasteiger charge is 2.16. The van der Waals surface area contributed by atoms with Crippen LogP contribution in [0.3, 0.4) is 0 Å². The predicted octanol–water partition coefficient (Wildman–Crippen LogP) is 3.11. The van der Waals surface area contributed by atoms with Crippen molar-refractivity contribution in [2.24, 2.45) is 0 Å². The third-order valence-electron chi connectivity index (χ3n) is 3.22. The second kappa shape index (κ2) is 7.89. The Kier molecular flexibility index (Phi) is 5.63. The minimum Gasteiger partial charge on any atom is -0.493 e. The van der Waals surface area contributed by atoms with Crippen LogP contribution in [-0.4, -0.2) is 27.2 Å². The highest BCUT2D eigenvalue weighted by atomic mass is 16.5. The van der Waals surface area contributed by atoms with Crippen LogP contribution in [0.5, 0.6) is 17.2 Å². The van der Waals surface area contributed by atoms with E-state index in [1.807, 2.05) is 36.4 Å². The van der Waals surface area contributed by atoms with Crippen molar-refractivity contribution >= 4 is 12.0 Å². The molecular weight excluding hydrogens is 294 g/mol. The van der Waals surface area contributed by atoms with Crippen LogP contribution in [0.1, 0.15) is 15.9 Å². The van der Waals surface area contributed by atoms with Gasteiger partial charge in [-0.15, -0.1) is 0 Å². The summed E-state index contributed by atoms with van der Waals surface area (Å²) in [6.07, 6.45) is 3.41. The molecule has 1 amide bonds. The standard InChI is InChI=1S/C18H19NO4/c1-21-15-11-14(12-16(22-2)17(15)23-3)18(20)19-10-9-13-7-5-4-6-8-13/h4-12H,1-3H3,(H,19,20)/b10-9+. The minimum absolute atomic E-state index is 0.267. The highest BCUT2D eigenvalue weighted by Crippen LogP contribution is 2.38. The summed E-state index contributed by atoms with van der Waals surface area (Å²) in [7, 11) is 4.53. The van der Waals surface area contributed by atoms with Crippen LogP contribution in [0.25, 0.3) is 6.08 Å². The van der Waals surface area contributed by atoms with Gasteiger partial charge in [0.15, 0.2) is 11.5 Å². The van der Waals surface area contributed by atoms with E-state index in [9.17, 15) is 4.79 Å². The van der Waals surface area contributed by atoms with Crippen LogP contribution in [0.2, 0.25) is 0 Å². The number of hydrogen-bond acceptors (Lipinski definition) is 4. The van der Waals surface area contributed by atoms with E-state index in [0.717, 1.165) is 5.56 Å². The molecule has 0 fully saturated rings. The van der Waals surface area contributed by atoms with Crippen molar-refractivity contribution < 1.29 is 19.0 Å². The van der Waals surface area contributed by atoms with Crippen LogP contribution >= 0.6 is 0 Å². The Labute approximate surface area is 135 Å². The number of ether oxygens (including phenoxy) is 3. The van der Waals surface area contributed by atoms with E-state index in [0.29, 0.717) is 22.8 Å². The fourth-order valence-electron chi connectivity index (χ4n) is 2.07. The zero-order valence-corrected chi connectivity index (χ0v) is 13.3. The molecule has 0 radical (unpaired) electrons. The van der Waals surface area contributed by atoms with Crippen LogP contribution < -0.4 is 19.5 Å². The quantitative estimate of drug-likeness (QED) is 0.890. The summed E-state index contributed by atoms with van der Waals surface area (Å²) in [5, 5.41) is 2.72. The molecular formula is C18H19NO4. The van der Waals surface area contributed by atoms with E-state index in [2.05, 4.69) is 5.32 Å². The fourth-order valence-corrected chi connectivity index (χ4v) is 2.07. The van der Waals surface area contributed by atoms with Crippen molar-refractivity contribution in [3.8, 4) is 17.2 Å². The van der Waals surface area contributed by atoms with Crippen LogP contribution in [0.15, 0.2) is 48.7 Å². The van der Waals surface area contributed by atoms with Crippen molar-refractivity contribution in [3.05, 3.63) is 59.8 Å². The third kappa shape index (κ3) is 4.03. The lowest BCUT2D eigenvalue weighted by Crippen LogP contribution is -2.17. The maximum atomic E-state index is 12.3. The average Bonchev–Trinajstić information content (AvgIpc) is 2.61. The number of benzene rings is 2. The molecule has 0 unspecified atom stereocenters. The lowest BCUT2D eigenvalue weighted by atomic mass is 10.1. The second-order valence-corrected chi connectivity index (χ2v) is 4.63. The van der Waals surface area contributed by atoms with Gasteiger partial charge < -0.3 is 19.5 Å². The van der Waals surface area contributed by atoms with Gasteiger partial charge in [0.25, 0.3) is 5.91 Å². The Hall–Kier alpha value is -2.95. The third-order valence-corrected chi connectivity index (χ3v) is 3.22. The van der Waals surface area contributed by atoms with Crippen molar-refractivity contribution in [3.63, 3.8) is 0 Å². The molecule has 0 saturated heterocycles. The van der Waals surface area contributed by atoms with E-state index >= 15 is 0 Å². The monoisotopic (exact) mass is 313 g/mol. The number of carbonyl (C=O) groups is 1. The molecule has 2 aromatic rings.